The van der Waals surface area contributed by atoms with Crippen molar-refractivity contribution < 1.29 is 0 Å². The van der Waals surface area contributed by atoms with Gasteiger partial charge in [-0.25, -0.2) is 9.97 Å². The van der Waals surface area contributed by atoms with Crippen LogP contribution >= 0.6 is 0 Å². The van der Waals surface area contributed by atoms with Crippen LogP contribution in [0.15, 0.2) is 158 Å². The summed E-state index contributed by atoms with van der Waals surface area (Å²) in [5, 5.41) is 0. The van der Waals surface area contributed by atoms with Gasteiger partial charge < -0.3 is 4.90 Å². The second-order valence-electron chi connectivity index (χ2n) is 17.5. The molecular weight excluding hydrogens is 729 g/mol. The number of imidazole rings is 2. The van der Waals surface area contributed by atoms with Crippen LogP contribution in [0.4, 0.5) is 17.1 Å². The van der Waals surface area contributed by atoms with E-state index in [0.29, 0.717) is 23.7 Å². The highest BCUT2D eigenvalue weighted by Gasteiger charge is 2.36. The van der Waals surface area contributed by atoms with Crippen molar-refractivity contribution in [2.45, 2.75) is 79.1 Å². The van der Waals surface area contributed by atoms with E-state index in [4.69, 9.17) is 9.97 Å². The van der Waals surface area contributed by atoms with E-state index in [1.807, 2.05) is 12.4 Å². The summed E-state index contributed by atoms with van der Waals surface area (Å²) >= 11 is 0. The zero-order valence-electron chi connectivity index (χ0n) is 36.1. The number of benzene rings is 6. The van der Waals surface area contributed by atoms with Crippen LogP contribution in [-0.4, -0.2) is 25.8 Å². The molecule has 0 bridgehead atoms. The first-order chi connectivity index (χ1) is 29.1. The maximum Gasteiger partial charge on any atom is 0.246 e. The van der Waals surface area contributed by atoms with Gasteiger partial charge in [0.15, 0.2) is 0 Å². The smallest absolute Gasteiger partial charge is 0.246 e. The number of hydrogen-bond donors (Lipinski definition) is 0. The summed E-state index contributed by atoms with van der Waals surface area (Å²) in [6.45, 7) is 18.2. The van der Waals surface area contributed by atoms with E-state index in [2.05, 4.69) is 215 Å². The van der Waals surface area contributed by atoms with E-state index < -0.39 is 0 Å². The summed E-state index contributed by atoms with van der Waals surface area (Å²) in [7, 11) is 0. The van der Waals surface area contributed by atoms with Crippen molar-refractivity contribution in [3.8, 4) is 34.2 Å². The number of fused-ring (bicyclic) bond motifs is 2. The Morgan fingerprint density at radius 3 is 1.47 bits per heavy atom. The van der Waals surface area contributed by atoms with Gasteiger partial charge >= 0.3 is 0 Å². The van der Waals surface area contributed by atoms with Gasteiger partial charge in [-0.2, -0.15) is 0 Å². The van der Waals surface area contributed by atoms with E-state index in [9.17, 15) is 0 Å². The molecular formula is C54H54BN5. The fourth-order valence-electron chi connectivity index (χ4n) is 9.41. The summed E-state index contributed by atoms with van der Waals surface area (Å²) in [6.07, 6.45) is 8.17. The van der Waals surface area contributed by atoms with Gasteiger partial charge in [-0.15, -0.1) is 0 Å². The average Bonchev–Trinajstić information content (AvgIpc) is 3.96. The summed E-state index contributed by atoms with van der Waals surface area (Å²) in [6, 6.07) is 49.2. The highest BCUT2D eigenvalue weighted by molar-refractivity contribution is 6.98. The molecule has 298 valence electrons. The molecule has 60 heavy (non-hydrogen) atoms. The predicted molar refractivity (Wildman–Crippen MR) is 254 cm³/mol. The summed E-state index contributed by atoms with van der Waals surface area (Å²) in [4.78, 5) is 12.6. The highest BCUT2D eigenvalue weighted by Crippen LogP contribution is 2.39. The molecule has 0 aliphatic carbocycles. The van der Waals surface area contributed by atoms with E-state index in [1.54, 1.807) is 0 Å². The summed E-state index contributed by atoms with van der Waals surface area (Å²) in [5.41, 5.74) is 17.2. The average molecular weight is 784 g/mol. The van der Waals surface area contributed by atoms with Gasteiger partial charge in [0.2, 0.25) is 6.71 Å². The highest BCUT2D eigenvalue weighted by atomic mass is 15.2. The number of para-hydroxylation sites is 4. The Labute approximate surface area is 356 Å². The van der Waals surface area contributed by atoms with Gasteiger partial charge in [0.05, 0.1) is 11.4 Å². The molecule has 1 aliphatic heterocycles. The first-order valence-electron chi connectivity index (χ1n) is 21.6. The van der Waals surface area contributed by atoms with Crippen molar-refractivity contribution in [1.82, 2.24) is 19.1 Å². The van der Waals surface area contributed by atoms with Gasteiger partial charge in [-0.1, -0.05) is 164 Å². The lowest BCUT2D eigenvalue weighted by Crippen LogP contribution is -2.57. The maximum absolute atomic E-state index is 5.10. The summed E-state index contributed by atoms with van der Waals surface area (Å²) < 4.78 is 4.65. The first kappa shape index (κ1) is 39.1. The molecule has 1 aliphatic rings. The first-order valence-corrected chi connectivity index (χ1v) is 21.6. The molecule has 5 nitrogen and oxygen atoms in total. The van der Waals surface area contributed by atoms with Crippen LogP contribution in [0.5, 0.6) is 0 Å². The Bertz CT molecular complexity index is 2760. The van der Waals surface area contributed by atoms with Crippen LogP contribution in [0.1, 0.15) is 101 Å². The molecule has 0 atom stereocenters. The zero-order chi connectivity index (χ0) is 41.7. The van der Waals surface area contributed by atoms with Crippen molar-refractivity contribution in [2.75, 3.05) is 4.90 Å². The monoisotopic (exact) mass is 783 g/mol. The molecule has 0 saturated carbocycles. The molecule has 9 rings (SSSR count). The number of nitrogens with zero attached hydrogens (tertiary/aromatic N) is 5. The second kappa shape index (κ2) is 16.0. The van der Waals surface area contributed by atoms with Crippen molar-refractivity contribution in [3.05, 3.63) is 181 Å². The molecule has 6 aromatic carbocycles. The predicted octanol–water partition coefficient (Wildman–Crippen LogP) is 12.2. The molecule has 0 radical (unpaired) electrons. The Hall–Kier alpha value is -6.40. The van der Waals surface area contributed by atoms with Crippen molar-refractivity contribution in [1.29, 1.82) is 0 Å². The quantitative estimate of drug-likeness (QED) is 0.130. The largest absolute Gasteiger partial charge is 0.312 e. The lowest BCUT2D eigenvalue weighted by molar-refractivity contribution is 0.806. The number of rotatable bonds is 10. The van der Waals surface area contributed by atoms with Crippen molar-refractivity contribution in [2.24, 2.45) is 0 Å². The lowest BCUT2D eigenvalue weighted by atomic mass is 9.35. The third-order valence-corrected chi connectivity index (χ3v) is 12.3. The van der Waals surface area contributed by atoms with E-state index in [0.717, 1.165) is 34.2 Å². The molecule has 0 fully saturated rings. The van der Waals surface area contributed by atoms with Gasteiger partial charge in [0.1, 0.15) is 11.6 Å². The summed E-state index contributed by atoms with van der Waals surface area (Å²) in [5.74, 6) is 3.33. The SMILES string of the molecule is CC(C)c1cccc(C(C)C)c1-n1ccnc1-c1cccc(B2c3ccccc3N(c3ccccc3)c3ccc(-c4nccn4-c4c(C(C)C)cccc4C(C)C)cc32)c1. The minimum absolute atomic E-state index is 0.0498. The van der Waals surface area contributed by atoms with Crippen molar-refractivity contribution in [3.63, 3.8) is 0 Å². The minimum atomic E-state index is -0.0498. The van der Waals surface area contributed by atoms with Gasteiger partial charge in [-0.05, 0) is 87.2 Å². The van der Waals surface area contributed by atoms with Gasteiger partial charge in [0.25, 0.3) is 0 Å². The lowest BCUT2D eigenvalue weighted by Gasteiger charge is -2.37. The number of hydrogen-bond acceptors (Lipinski definition) is 3. The third-order valence-electron chi connectivity index (χ3n) is 12.3. The Balaban J connectivity index is 1.25. The molecule has 0 N–H and O–H groups in total. The minimum Gasteiger partial charge on any atom is -0.312 e. The normalized spacial score (nSPS) is 12.5. The van der Waals surface area contributed by atoms with Crippen LogP contribution in [0.25, 0.3) is 34.2 Å². The van der Waals surface area contributed by atoms with E-state index >= 15 is 0 Å². The van der Waals surface area contributed by atoms with Gasteiger partial charge in [0, 0.05) is 53.0 Å². The number of aromatic nitrogens is 4. The Morgan fingerprint density at radius 2 is 0.917 bits per heavy atom. The van der Waals surface area contributed by atoms with Crippen LogP contribution in [0.3, 0.4) is 0 Å². The van der Waals surface area contributed by atoms with Gasteiger partial charge in [-0.3, -0.25) is 9.13 Å². The molecule has 0 unspecified atom stereocenters. The number of anilines is 3. The fraction of sp³-hybridized carbons (Fsp3) is 0.222. The zero-order valence-corrected chi connectivity index (χ0v) is 36.1. The van der Waals surface area contributed by atoms with E-state index in [1.165, 1.54) is 55.7 Å². The third kappa shape index (κ3) is 6.78. The van der Waals surface area contributed by atoms with Crippen LogP contribution in [-0.2, 0) is 0 Å². The fourth-order valence-corrected chi connectivity index (χ4v) is 9.41. The van der Waals surface area contributed by atoms with Crippen molar-refractivity contribution >= 4 is 40.2 Å². The van der Waals surface area contributed by atoms with Crippen LogP contribution in [0, 0.1) is 0 Å². The molecule has 0 saturated heterocycles. The molecule has 0 spiro atoms. The second-order valence-corrected chi connectivity index (χ2v) is 17.5. The Kier molecular flexibility index (Phi) is 10.4. The molecule has 8 aromatic rings. The van der Waals surface area contributed by atoms with E-state index in [-0.39, 0.29) is 6.71 Å². The maximum atomic E-state index is 5.10. The molecule has 3 heterocycles. The standard InChI is InChI=1S/C54H54BN5/c1-35(2)43-21-15-22-44(36(3)4)51(43)58-31-29-56-53(58)39-17-14-18-41(33-39)55-47-25-12-13-26-49(47)60(42-19-10-9-11-20-42)50-28-27-40(34-48(50)55)54-57-30-32-59(54)52-45(37(5)6)23-16-24-46(52)38(7)8/h9-38H,1-8H3. The van der Waals surface area contributed by atoms with Crippen LogP contribution in [0.2, 0.25) is 0 Å². The molecule has 6 heteroatoms. The Morgan fingerprint density at radius 1 is 0.433 bits per heavy atom. The van der Waals surface area contributed by atoms with Crippen LogP contribution < -0.4 is 21.3 Å². The molecule has 0 amide bonds. The molecule has 2 aromatic heterocycles. The topological polar surface area (TPSA) is 38.9 Å².